The van der Waals surface area contributed by atoms with Crippen molar-refractivity contribution in [3.05, 3.63) is 59.3 Å². The van der Waals surface area contributed by atoms with Gasteiger partial charge in [0.25, 0.3) is 5.91 Å². The van der Waals surface area contributed by atoms with Crippen LogP contribution in [0.25, 0.3) is 0 Å². The summed E-state index contributed by atoms with van der Waals surface area (Å²) < 4.78 is 0. The number of amides is 3. The predicted molar refractivity (Wildman–Crippen MR) is 134 cm³/mol. The van der Waals surface area contributed by atoms with Gasteiger partial charge in [0.2, 0.25) is 11.8 Å². The van der Waals surface area contributed by atoms with Gasteiger partial charge in [-0.3, -0.25) is 19.3 Å². The molecule has 3 amide bonds. The lowest BCUT2D eigenvalue weighted by Crippen LogP contribution is -2.48. The van der Waals surface area contributed by atoms with Crippen LogP contribution in [-0.2, 0) is 22.7 Å². The number of benzene rings is 1. The van der Waals surface area contributed by atoms with Gasteiger partial charge in [0.1, 0.15) is 5.82 Å². The fourth-order valence-electron chi connectivity index (χ4n) is 4.81. The summed E-state index contributed by atoms with van der Waals surface area (Å²) in [6, 6.07) is 11.8. The highest BCUT2D eigenvalue weighted by Gasteiger charge is 2.23. The van der Waals surface area contributed by atoms with Gasteiger partial charge in [0.15, 0.2) is 0 Å². The molecule has 0 radical (unpaired) electrons. The van der Waals surface area contributed by atoms with E-state index in [2.05, 4.69) is 38.0 Å². The van der Waals surface area contributed by atoms with Crippen molar-refractivity contribution in [3.63, 3.8) is 0 Å². The zero-order chi connectivity index (χ0) is 24.8. The zero-order valence-electron chi connectivity index (χ0n) is 20.4. The molecule has 1 aromatic carbocycles. The molecular weight excluding hydrogens is 444 g/mol. The number of fused-ring (bicyclic) bond motifs is 1. The van der Waals surface area contributed by atoms with Crippen LogP contribution in [0.1, 0.15) is 48.2 Å². The molecule has 1 unspecified atom stereocenters. The lowest BCUT2D eigenvalue weighted by molar-refractivity contribution is -0.129. The lowest BCUT2D eigenvalue weighted by atomic mass is 10.0. The average Bonchev–Trinajstić information content (AvgIpc) is 3.25. The molecule has 0 saturated carbocycles. The molecule has 35 heavy (non-hydrogen) atoms. The number of nitrogens with zero attached hydrogens (tertiary/aromatic N) is 3. The van der Waals surface area contributed by atoms with Crippen molar-refractivity contribution in [2.75, 3.05) is 31.5 Å². The summed E-state index contributed by atoms with van der Waals surface area (Å²) in [4.78, 5) is 44.7. The lowest BCUT2D eigenvalue weighted by Gasteiger charge is -2.32. The Hall–Kier alpha value is -3.46. The minimum Gasteiger partial charge on any atom is -0.367 e. The number of likely N-dealkylation sites (tertiary alicyclic amines) is 1. The fourth-order valence-corrected chi connectivity index (χ4v) is 4.81. The number of hydrogen-bond donors (Lipinski definition) is 3. The molecule has 2 aromatic rings. The highest BCUT2D eigenvalue weighted by atomic mass is 16.2. The highest BCUT2D eigenvalue weighted by Crippen LogP contribution is 2.22. The van der Waals surface area contributed by atoms with E-state index in [1.165, 1.54) is 18.1 Å². The second-order valence-corrected chi connectivity index (χ2v) is 9.40. The Bertz CT molecular complexity index is 1040. The summed E-state index contributed by atoms with van der Waals surface area (Å²) in [5.74, 6) is 0.424. The van der Waals surface area contributed by atoms with Gasteiger partial charge in [-0.1, -0.05) is 24.3 Å². The molecule has 9 heteroatoms. The molecule has 0 bridgehead atoms. The first-order valence-corrected chi connectivity index (χ1v) is 12.2. The number of carbonyl (C=O) groups is 3. The maximum absolute atomic E-state index is 12.9. The number of pyridine rings is 1. The largest absolute Gasteiger partial charge is 0.367 e. The summed E-state index contributed by atoms with van der Waals surface area (Å²) in [6.07, 6.45) is 3.31. The molecule has 4 rings (SSSR count). The molecular formula is C26H34N6O3. The highest BCUT2D eigenvalue weighted by molar-refractivity contribution is 5.94. The molecule has 186 valence electrons. The van der Waals surface area contributed by atoms with Gasteiger partial charge in [0.05, 0.1) is 6.04 Å². The summed E-state index contributed by atoms with van der Waals surface area (Å²) in [5.41, 5.74) is 3.13. The van der Waals surface area contributed by atoms with Crippen molar-refractivity contribution in [2.45, 2.75) is 51.9 Å². The Balaban J connectivity index is 1.30. The van der Waals surface area contributed by atoms with E-state index in [-0.39, 0.29) is 29.8 Å². The third kappa shape index (κ3) is 6.79. The van der Waals surface area contributed by atoms with E-state index in [0.29, 0.717) is 24.5 Å². The SMILES string of the molecule is CC(=O)NC(CNC(=O)c1ccnc(NC2CCN(C(C)=O)CC2)c1)CN1Cc2ccccc2C1. The number of carbonyl (C=O) groups excluding carboxylic acids is 3. The number of hydrogen-bond acceptors (Lipinski definition) is 6. The normalized spacial score (nSPS) is 16.9. The molecule has 1 fully saturated rings. The monoisotopic (exact) mass is 478 g/mol. The summed E-state index contributed by atoms with van der Waals surface area (Å²) >= 11 is 0. The molecule has 2 aliphatic rings. The van der Waals surface area contributed by atoms with Crippen LogP contribution in [-0.4, -0.2) is 70.8 Å². The molecule has 3 heterocycles. The van der Waals surface area contributed by atoms with E-state index in [1.807, 2.05) is 17.0 Å². The van der Waals surface area contributed by atoms with Crippen molar-refractivity contribution in [1.82, 2.24) is 25.4 Å². The van der Waals surface area contributed by atoms with Crippen molar-refractivity contribution < 1.29 is 14.4 Å². The minimum absolute atomic E-state index is 0.104. The van der Waals surface area contributed by atoms with Gasteiger partial charge >= 0.3 is 0 Å². The van der Waals surface area contributed by atoms with Crippen LogP contribution in [0.15, 0.2) is 42.6 Å². The van der Waals surface area contributed by atoms with Crippen molar-refractivity contribution in [3.8, 4) is 0 Å². The Morgan fingerprint density at radius 1 is 1.06 bits per heavy atom. The van der Waals surface area contributed by atoms with Gasteiger partial charge in [-0.2, -0.15) is 0 Å². The van der Waals surface area contributed by atoms with Crippen LogP contribution in [0, 0.1) is 0 Å². The minimum atomic E-state index is -0.207. The van der Waals surface area contributed by atoms with E-state index >= 15 is 0 Å². The van der Waals surface area contributed by atoms with E-state index in [4.69, 9.17) is 0 Å². The van der Waals surface area contributed by atoms with E-state index in [1.54, 1.807) is 25.3 Å². The topological polar surface area (TPSA) is 107 Å². The Kier molecular flexibility index (Phi) is 7.97. The fraction of sp³-hybridized carbons (Fsp3) is 0.462. The number of aromatic nitrogens is 1. The molecule has 1 saturated heterocycles. The molecule has 0 spiro atoms. The first-order chi connectivity index (χ1) is 16.9. The third-order valence-electron chi connectivity index (χ3n) is 6.62. The summed E-state index contributed by atoms with van der Waals surface area (Å²) in [6.45, 7) is 7.19. The van der Waals surface area contributed by atoms with Crippen LogP contribution in [0.5, 0.6) is 0 Å². The van der Waals surface area contributed by atoms with Crippen LogP contribution < -0.4 is 16.0 Å². The van der Waals surface area contributed by atoms with E-state index < -0.39 is 0 Å². The molecule has 1 aromatic heterocycles. The number of piperidine rings is 1. The average molecular weight is 479 g/mol. The quantitative estimate of drug-likeness (QED) is 0.534. The molecule has 2 aliphatic heterocycles. The molecule has 1 atom stereocenters. The van der Waals surface area contributed by atoms with Crippen LogP contribution in [0.3, 0.4) is 0 Å². The standard InChI is InChI=1S/C26H34N6O3/c1-18(33)29-24(17-31-15-21-5-3-4-6-22(21)16-31)14-28-26(35)20-7-10-27-25(13-20)30-23-8-11-32(12-9-23)19(2)34/h3-7,10,13,23-24H,8-9,11-12,14-17H2,1-2H3,(H,27,30)(H,28,35)(H,29,33). The van der Waals surface area contributed by atoms with Gasteiger partial charge in [-0.05, 0) is 36.1 Å². The number of nitrogens with one attached hydrogen (secondary N) is 3. The smallest absolute Gasteiger partial charge is 0.251 e. The van der Waals surface area contributed by atoms with Crippen molar-refractivity contribution in [2.24, 2.45) is 0 Å². The van der Waals surface area contributed by atoms with Gasteiger partial charge in [0, 0.05) is 70.9 Å². The van der Waals surface area contributed by atoms with Crippen LogP contribution in [0.2, 0.25) is 0 Å². The Morgan fingerprint density at radius 2 is 1.74 bits per heavy atom. The zero-order valence-corrected chi connectivity index (χ0v) is 20.4. The Labute approximate surface area is 206 Å². The third-order valence-corrected chi connectivity index (χ3v) is 6.62. The second kappa shape index (κ2) is 11.3. The number of anilines is 1. The van der Waals surface area contributed by atoms with Crippen molar-refractivity contribution in [1.29, 1.82) is 0 Å². The van der Waals surface area contributed by atoms with Gasteiger partial charge in [-0.25, -0.2) is 4.98 Å². The first-order valence-electron chi connectivity index (χ1n) is 12.2. The number of rotatable bonds is 8. The van der Waals surface area contributed by atoms with E-state index in [9.17, 15) is 14.4 Å². The predicted octanol–water partition coefficient (Wildman–Crippen LogP) is 1.75. The van der Waals surface area contributed by atoms with E-state index in [0.717, 1.165) is 39.0 Å². The van der Waals surface area contributed by atoms with Gasteiger partial charge in [-0.15, -0.1) is 0 Å². The summed E-state index contributed by atoms with van der Waals surface area (Å²) in [5, 5.41) is 9.33. The molecule has 0 aliphatic carbocycles. The maximum atomic E-state index is 12.9. The molecule has 3 N–H and O–H groups in total. The maximum Gasteiger partial charge on any atom is 0.251 e. The van der Waals surface area contributed by atoms with Crippen LogP contribution in [0.4, 0.5) is 5.82 Å². The van der Waals surface area contributed by atoms with Crippen LogP contribution >= 0.6 is 0 Å². The Morgan fingerprint density at radius 3 is 2.37 bits per heavy atom. The first kappa shape index (κ1) is 24.7. The van der Waals surface area contributed by atoms with Gasteiger partial charge < -0.3 is 20.9 Å². The summed E-state index contributed by atoms with van der Waals surface area (Å²) in [7, 11) is 0. The van der Waals surface area contributed by atoms with Crippen molar-refractivity contribution >= 4 is 23.5 Å². The second-order valence-electron chi connectivity index (χ2n) is 9.40. The molecule has 9 nitrogen and oxygen atoms in total.